The first-order valence-corrected chi connectivity index (χ1v) is 12.2. The van der Waals surface area contributed by atoms with Crippen LogP contribution in [-0.4, -0.2) is 14.5 Å². The highest BCUT2D eigenvalue weighted by Gasteiger charge is 2.21. The molecule has 0 atom stereocenters. The molecule has 0 saturated carbocycles. The van der Waals surface area contributed by atoms with Crippen LogP contribution in [0.1, 0.15) is 27.8 Å². The van der Waals surface area contributed by atoms with E-state index in [4.69, 9.17) is 15.0 Å². The SMILES string of the molecule is Cc1cc(C)c(Oc2nc(Nc3ccc(/C=C/C#N)cc3)nc3c(F)cn(Cc4ccccc4)c23)c(C)c1. The van der Waals surface area contributed by atoms with Gasteiger partial charge in [-0.2, -0.15) is 10.2 Å². The number of nitriles is 1. The van der Waals surface area contributed by atoms with Gasteiger partial charge >= 0.3 is 0 Å². The summed E-state index contributed by atoms with van der Waals surface area (Å²) >= 11 is 0. The van der Waals surface area contributed by atoms with E-state index in [-0.39, 0.29) is 17.3 Å². The molecular formula is C31H26FN5O. The third-order valence-electron chi connectivity index (χ3n) is 6.15. The molecule has 6 nitrogen and oxygen atoms in total. The number of allylic oxidation sites excluding steroid dienone is 1. The van der Waals surface area contributed by atoms with Gasteiger partial charge in [0.2, 0.25) is 11.8 Å². The van der Waals surface area contributed by atoms with Crippen molar-refractivity contribution in [2.45, 2.75) is 27.3 Å². The van der Waals surface area contributed by atoms with E-state index in [0.717, 1.165) is 33.5 Å². The molecule has 0 spiro atoms. The van der Waals surface area contributed by atoms with E-state index in [0.29, 0.717) is 17.8 Å². The zero-order valence-electron chi connectivity index (χ0n) is 21.4. The number of ether oxygens (including phenoxy) is 1. The fourth-order valence-corrected chi connectivity index (χ4v) is 4.52. The van der Waals surface area contributed by atoms with Gasteiger partial charge in [-0.05, 0) is 61.2 Å². The molecule has 0 saturated heterocycles. The van der Waals surface area contributed by atoms with Gasteiger partial charge in [0, 0.05) is 24.5 Å². The molecule has 2 aromatic heterocycles. The second kappa shape index (κ2) is 10.6. The van der Waals surface area contributed by atoms with Crippen LogP contribution < -0.4 is 10.1 Å². The van der Waals surface area contributed by atoms with Crippen molar-refractivity contribution in [3.05, 3.63) is 113 Å². The Morgan fingerprint density at radius 1 is 1.00 bits per heavy atom. The number of nitrogens with one attached hydrogen (secondary N) is 1. The molecule has 0 fully saturated rings. The van der Waals surface area contributed by atoms with Crippen LogP contribution in [0.3, 0.4) is 0 Å². The number of aromatic nitrogens is 3. The summed E-state index contributed by atoms with van der Waals surface area (Å²) in [6.07, 6.45) is 4.57. The van der Waals surface area contributed by atoms with Crippen LogP contribution in [0.5, 0.6) is 11.6 Å². The second-order valence-electron chi connectivity index (χ2n) is 9.18. The molecule has 0 bridgehead atoms. The molecule has 5 aromatic rings. The van der Waals surface area contributed by atoms with Crippen LogP contribution in [0.4, 0.5) is 16.0 Å². The number of nitrogens with zero attached hydrogens (tertiary/aromatic N) is 4. The van der Waals surface area contributed by atoms with Crippen LogP contribution in [0.2, 0.25) is 0 Å². The number of halogens is 1. The van der Waals surface area contributed by atoms with Gasteiger partial charge in [-0.1, -0.05) is 60.2 Å². The highest BCUT2D eigenvalue weighted by atomic mass is 19.1. The lowest BCUT2D eigenvalue weighted by atomic mass is 10.1. The van der Waals surface area contributed by atoms with Crippen LogP contribution in [0, 0.1) is 37.9 Å². The van der Waals surface area contributed by atoms with Gasteiger partial charge in [-0.3, -0.25) is 0 Å². The van der Waals surface area contributed by atoms with E-state index in [1.807, 2.05) is 93.6 Å². The van der Waals surface area contributed by atoms with E-state index >= 15 is 4.39 Å². The van der Waals surface area contributed by atoms with E-state index in [2.05, 4.69) is 10.3 Å². The van der Waals surface area contributed by atoms with Crippen molar-refractivity contribution in [1.82, 2.24) is 14.5 Å². The second-order valence-corrected chi connectivity index (χ2v) is 9.18. The molecule has 5 rings (SSSR count). The highest BCUT2D eigenvalue weighted by Crippen LogP contribution is 2.35. The molecule has 38 heavy (non-hydrogen) atoms. The predicted octanol–water partition coefficient (Wildman–Crippen LogP) is 7.62. The van der Waals surface area contributed by atoms with Crippen molar-refractivity contribution in [2.24, 2.45) is 0 Å². The Bertz CT molecular complexity index is 1660. The summed E-state index contributed by atoms with van der Waals surface area (Å²) in [4.78, 5) is 9.21. The lowest BCUT2D eigenvalue weighted by Crippen LogP contribution is -2.04. The fourth-order valence-electron chi connectivity index (χ4n) is 4.52. The minimum Gasteiger partial charge on any atom is -0.436 e. The summed E-state index contributed by atoms with van der Waals surface area (Å²) in [5, 5.41) is 11.9. The summed E-state index contributed by atoms with van der Waals surface area (Å²) in [7, 11) is 0. The number of hydrogen-bond donors (Lipinski definition) is 1. The molecule has 0 aliphatic carbocycles. The van der Waals surface area contributed by atoms with Crippen LogP contribution in [0.15, 0.2) is 79.0 Å². The first kappa shape index (κ1) is 24.7. The monoisotopic (exact) mass is 503 g/mol. The Morgan fingerprint density at radius 3 is 2.39 bits per heavy atom. The van der Waals surface area contributed by atoms with Gasteiger partial charge in [0.05, 0.1) is 6.07 Å². The molecule has 0 aliphatic rings. The molecule has 0 aliphatic heterocycles. The van der Waals surface area contributed by atoms with E-state index in [9.17, 15) is 0 Å². The van der Waals surface area contributed by atoms with Crippen LogP contribution in [0.25, 0.3) is 17.1 Å². The maximum absolute atomic E-state index is 15.3. The van der Waals surface area contributed by atoms with Crippen molar-refractivity contribution in [1.29, 1.82) is 5.26 Å². The molecule has 188 valence electrons. The summed E-state index contributed by atoms with van der Waals surface area (Å²) in [6, 6.07) is 23.3. The number of hydrogen-bond acceptors (Lipinski definition) is 5. The lowest BCUT2D eigenvalue weighted by Gasteiger charge is -2.15. The van der Waals surface area contributed by atoms with Gasteiger partial charge in [-0.15, -0.1) is 0 Å². The van der Waals surface area contributed by atoms with Crippen molar-refractivity contribution in [3.8, 4) is 17.7 Å². The number of aryl methyl sites for hydroxylation is 3. The van der Waals surface area contributed by atoms with Gasteiger partial charge in [-0.25, -0.2) is 9.37 Å². The van der Waals surface area contributed by atoms with Crippen LogP contribution in [-0.2, 0) is 6.54 Å². The topological polar surface area (TPSA) is 75.8 Å². The van der Waals surface area contributed by atoms with Gasteiger partial charge in [0.25, 0.3) is 0 Å². The van der Waals surface area contributed by atoms with Gasteiger partial charge < -0.3 is 14.6 Å². The maximum atomic E-state index is 15.3. The minimum absolute atomic E-state index is 0.171. The molecule has 1 N–H and O–H groups in total. The Morgan fingerprint density at radius 2 is 1.71 bits per heavy atom. The standard InChI is InChI=1S/C31H26FN5O/c1-20-16-21(2)29(22(3)17-20)38-30-28-27(26(32)19-37(28)18-24-8-5-4-6-9-24)35-31(36-30)34-25-13-11-23(12-14-25)10-7-15-33/h4-14,16-17,19H,18H2,1-3H3,(H,34,35,36)/b10-7+. The minimum atomic E-state index is -0.458. The number of anilines is 2. The Hall–Kier alpha value is -4.96. The highest BCUT2D eigenvalue weighted by molar-refractivity contribution is 5.83. The molecule has 7 heteroatoms. The number of rotatable bonds is 7. The average Bonchev–Trinajstić information content (AvgIpc) is 3.21. The largest absolute Gasteiger partial charge is 0.436 e. The smallest absolute Gasteiger partial charge is 0.249 e. The van der Waals surface area contributed by atoms with Crippen molar-refractivity contribution in [3.63, 3.8) is 0 Å². The number of benzene rings is 3. The summed E-state index contributed by atoms with van der Waals surface area (Å²) < 4.78 is 23.5. The van der Waals surface area contributed by atoms with Crippen molar-refractivity contribution in [2.75, 3.05) is 5.32 Å². The average molecular weight is 504 g/mol. The third-order valence-corrected chi connectivity index (χ3v) is 6.15. The van der Waals surface area contributed by atoms with E-state index in [1.54, 1.807) is 10.6 Å². The Kier molecular flexibility index (Phi) is 6.88. The van der Waals surface area contributed by atoms with Gasteiger partial charge in [0.15, 0.2) is 5.82 Å². The molecular weight excluding hydrogens is 477 g/mol. The zero-order chi connectivity index (χ0) is 26.6. The fraction of sp³-hybridized carbons (Fsp3) is 0.129. The van der Waals surface area contributed by atoms with Crippen molar-refractivity contribution >= 4 is 28.7 Å². The normalized spacial score (nSPS) is 11.1. The molecule has 2 heterocycles. The summed E-state index contributed by atoms with van der Waals surface area (Å²) in [6.45, 7) is 6.45. The lowest BCUT2D eigenvalue weighted by molar-refractivity contribution is 0.459. The molecule has 3 aromatic carbocycles. The molecule has 0 unspecified atom stereocenters. The Balaban J connectivity index is 1.60. The van der Waals surface area contributed by atoms with Gasteiger partial charge in [0.1, 0.15) is 16.8 Å². The number of fused-ring (bicyclic) bond motifs is 1. The predicted molar refractivity (Wildman–Crippen MR) is 148 cm³/mol. The quantitative estimate of drug-likeness (QED) is 0.231. The molecule has 0 amide bonds. The summed E-state index contributed by atoms with van der Waals surface area (Å²) in [5.74, 6) is 0.705. The summed E-state index contributed by atoms with van der Waals surface area (Å²) in [5.41, 5.74) is 6.33. The zero-order valence-corrected chi connectivity index (χ0v) is 21.4. The molecule has 0 radical (unpaired) electrons. The van der Waals surface area contributed by atoms with E-state index in [1.165, 1.54) is 12.3 Å². The third kappa shape index (κ3) is 5.25. The van der Waals surface area contributed by atoms with Crippen LogP contribution >= 0.6 is 0 Å². The van der Waals surface area contributed by atoms with E-state index < -0.39 is 5.82 Å². The first-order valence-electron chi connectivity index (χ1n) is 12.2. The van der Waals surface area contributed by atoms with Crippen molar-refractivity contribution < 1.29 is 9.13 Å². The Labute approximate surface area is 220 Å². The maximum Gasteiger partial charge on any atom is 0.249 e. The first-order chi connectivity index (χ1) is 18.4.